The molecule has 0 saturated carbocycles. The molecule has 3 rings (SSSR count). The molecule has 2 heterocycles. The van der Waals surface area contributed by atoms with Crippen molar-refractivity contribution in [3.05, 3.63) is 34.9 Å². The van der Waals surface area contributed by atoms with Gasteiger partial charge in [0.15, 0.2) is 0 Å². The van der Waals surface area contributed by atoms with E-state index >= 15 is 0 Å². The van der Waals surface area contributed by atoms with E-state index in [4.69, 9.17) is 21.1 Å². The molecule has 7 heteroatoms. The van der Waals surface area contributed by atoms with Crippen LogP contribution >= 0.6 is 11.6 Å². The number of cyclic esters (lactones) is 1. The minimum atomic E-state index is -0.527. The van der Waals surface area contributed by atoms with Gasteiger partial charge in [0.2, 0.25) is 0 Å². The molecule has 1 aromatic rings. The van der Waals surface area contributed by atoms with Crippen LogP contribution < -0.4 is 0 Å². The van der Waals surface area contributed by atoms with Crippen molar-refractivity contribution in [1.82, 2.24) is 9.80 Å². The van der Waals surface area contributed by atoms with E-state index in [0.29, 0.717) is 37.8 Å². The SMILES string of the molecule is COC(=O)[C@H](c1ccccc1Cl)N1CCN([C@H]2CCOC2=O)CC1. The fourth-order valence-electron chi connectivity index (χ4n) is 3.41. The molecule has 24 heavy (non-hydrogen) atoms. The predicted octanol–water partition coefficient (Wildman–Crippen LogP) is 1.49. The summed E-state index contributed by atoms with van der Waals surface area (Å²) in [6.45, 7) is 3.23. The maximum Gasteiger partial charge on any atom is 0.327 e. The lowest BCUT2D eigenvalue weighted by atomic mass is 10.0. The van der Waals surface area contributed by atoms with Crippen LogP contribution in [0.15, 0.2) is 24.3 Å². The molecular weight excluding hydrogens is 332 g/mol. The van der Waals surface area contributed by atoms with Crippen LogP contribution in [0.25, 0.3) is 0 Å². The average Bonchev–Trinajstić information content (AvgIpc) is 3.03. The Balaban J connectivity index is 1.73. The highest BCUT2D eigenvalue weighted by Crippen LogP contribution is 2.30. The monoisotopic (exact) mass is 352 g/mol. The quantitative estimate of drug-likeness (QED) is 0.765. The van der Waals surface area contributed by atoms with Gasteiger partial charge in [-0.25, -0.2) is 4.79 Å². The lowest BCUT2D eigenvalue weighted by Crippen LogP contribution is -2.53. The molecule has 2 fully saturated rings. The summed E-state index contributed by atoms with van der Waals surface area (Å²) in [5.41, 5.74) is 0.750. The highest BCUT2D eigenvalue weighted by molar-refractivity contribution is 6.31. The van der Waals surface area contributed by atoms with Gasteiger partial charge in [0.25, 0.3) is 0 Å². The molecule has 0 radical (unpaired) electrons. The van der Waals surface area contributed by atoms with Gasteiger partial charge in [0, 0.05) is 37.6 Å². The molecule has 0 N–H and O–H groups in total. The fourth-order valence-corrected chi connectivity index (χ4v) is 3.64. The number of nitrogens with zero attached hydrogens (tertiary/aromatic N) is 2. The minimum absolute atomic E-state index is 0.140. The van der Waals surface area contributed by atoms with E-state index in [2.05, 4.69) is 9.80 Å². The lowest BCUT2D eigenvalue weighted by molar-refractivity contribution is -0.149. The summed E-state index contributed by atoms with van der Waals surface area (Å²) in [5.74, 6) is -0.462. The first-order valence-corrected chi connectivity index (χ1v) is 8.46. The highest BCUT2D eigenvalue weighted by Gasteiger charge is 2.37. The molecule has 2 saturated heterocycles. The highest BCUT2D eigenvalue weighted by atomic mass is 35.5. The van der Waals surface area contributed by atoms with Gasteiger partial charge in [-0.1, -0.05) is 29.8 Å². The molecular formula is C17H21ClN2O4. The third kappa shape index (κ3) is 3.41. The zero-order valence-electron chi connectivity index (χ0n) is 13.6. The Hall–Kier alpha value is -1.63. The first-order chi connectivity index (χ1) is 11.6. The van der Waals surface area contributed by atoms with Crippen molar-refractivity contribution in [1.29, 1.82) is 0 Å². The Morgan fingerprint density at radius 3 is 2.58 bits per heavy atom. The zero-order valence-corrected chi connectivity index (χ0v) is 14.4. The first kappa shape index (κ1) is 17.2. The van der Waals surface area contributed by atoms with Gasteiger partial charge in [-0.2, -0.15) is 0 Å². The van der Waals surface area contributed by atoms with Gasteiger partial charge in [-0.3, -0.25) is 14.6 Å². The number of carbonyl (C=O) groups excluding carboxylic acids is 2. The van der Waals surface area contributed by atoms with Gasteiger partial charge in [0.1, 0.15) is 12.1 Å². The van der Waals surface area contributed by atoms with E-state index in [1.165, 1.54) is 7.11 Å². The molecule has 0 amide bonds. The number of piperazine rings is 1. The topological polar surface area (TPSA) is 59.1 Å². The zero-order chi connectivity index (χ0) is 17.1. The summed E-state index contributed by atoms with van der Waals surface area (Å²) < 4.78 is 10.0. The summed E-state index contributed by atoms with van der Waals surface area (Å²) >= 11 is 6.28. The molecule has 130 valence electrons. The second-order valence-corrected chi connectivity index (χ2v) is 6.40. The molecule has 1 aromatic carbocycles. The Labute approximate surface area is 146 Å². The van der Waals surface area contributed by atoms with Crippen molar-refractivity contribution in [2.75, 3.05) is 39.9 Å². The minimum Gasteiger partial charge on any atom is -0.468 e. The number of hydrogen-bond acceptors (Lipinski definition) is 6. The Kier molecular flexibility index (Phi) is 5.38. The van der Waals surface area contributed by atoms with Crippen LogP contribution in [-0.2, 0) is 19.1 Å². The Bertz CT molecular complexity index is 616. The molecule has 2 atom stereocenters. The van der Waals surface area contributed by atoms with Crippen LogP contribution in [0.3, 0.4) is 0 Å². The van der Waals surface area contributed by atoms with Crippen LogP contribution in [0, 0.1) is 0 Å². The molecule has 2 aliphatic heterocycles. The number of carbonyl (C=O) groups is 2. The van der Waals surface area contributed by atoms with Crippen molar-refractivity contribution in [3.63, 3.8) is 0 Å². The van der Waals surface area contributed by atoms with Crippen LogP contribution in [-0.4, -0.2) is 67.7 Å². The van der Waals surface area contributed by atoms with Crippen molar-refractivity contribution in [2.45, 2.75) is 18.5 Å². The largest absolute Gasteiger partial charge is 0.468 e. The fraction of sp³-hybridized carbons (Fsp3) is 0.529. The van der Waals surface area contributed by atoms with Crippen molar-refractivity contribution in [2.24, 2.45) is 0 Å². The molecule has 0 bridgehead atoms. The van der Waals surface area contributed by atoms with Gasteiger partial charge in [-0.15, -0.1) is 0 Å². The summed E-state index contributed by atoms with van der Waals surface area (Å²) in [4.78, 5) is 28.3. The maximum absolute atomic E-state index is 12.3. The normalized spacial score (nSPS) is 23.8. The molecule has 6 nitrogen and oxygen atoms in total. The Morgan fingerprint density at radius 1 is 1.29 bits per heavy atom. The van der Waals surface area contributed by atoms with Gasteiger partial charge >= 0.3 is 11.9 Å². The number of benzene rings is 1. The third-order valence-electron chi connectivity index (χ3n) is 4.69. The first-order valence-electron chi connectivity index (χ1n) is 8.09. The van der Waals surface area contributed by atoms with E-state index < -0.39 is 6.04 Å². The van der Waals surface area contributed by atoms with Gasteiger partial charge in [-0.05, 0) is 11.6 Å². The van der Waals surface area contributed by atoms with E-state index in [1.807, 2.05) is 18.2 Å². The van der Waals surface area contributed by atoms with E-state index in [-0.39, 0.29) is 18.0 Å². The summed E-state index contributed by atoms with van der Waals surface area (Å²) in [6, 6.07) is 6.65. The van der Waals surface area contributed by atoms with Crippen LogP contribution in [0.4, 0.5) is 0 Å². The van der Waals surface area contributed by atoms with E-state index in [9.17, 15) is 9.59 Å². The number of hydrogen-bond donors (Lipinski definition) is 0. The second kappa shape index (κ2) is 7.51. The standard InChI is InChI=1S/C17H21ClN2O4/c1-23-17(22)15(12-4-2-3-5-13(12)18)20-9-7-19(8-10-20)14-6-11-24-16(14)21/h2-5,14-15H,6-11H2,1H3/t14-,15-/m0/s1. The molecule has 0 spiro atoms. The number of methoxy groups -OCH3 is 1. The molecule has 0 unspecified atom stereocenters. The van der Waals surface area contributed by atoms with Gasteiger partial charge in [0.05, 0.1) is 13.7 Å². The summed E-state index contributed by atoms with van der Waals surface area (Å²) in [5, 5.41) is 0.551. The molecule has 0 aromatic heterocycles. The average molecular weight is 353 g/mol. The van der Waals surface area contributed by atoms with E-state index in [1.54, 1.807) is 6.07 Å². The van der Waals surface area contributed by atoms with Crippen molar-refractivity contribution >= 4 is 23.5 Å². The third-order valence-corrected chi connectivity index (χ3v) is 5.03. The van der Waals surface area contributed by atoms with Crippen molar-refractivity contribution in [3.8, 4) is 0 Å². The summed E-state index contributed by atoms with van der Waals surface area (Å²) in [6.07, 6.45) is 0.740. The lowest BCUT2D eigenvalue weighted by Gasteiger charge is -2.39. The number of rotatable bonds is 4. The number of halogens is 1. The second-order valence-electron chi connectivity index (χ2n) is 5.99. The number of ether oxygens (including phenoxy) is 2. The smallest absolute Gasteiger partial charge is 0.327 e. The van der Waals surface area contributed by atoms with Gasteiger partial charge < -0.3 is 9.47 Å². The predicted molar refractivity (Wildman–Crippen MR) is 88.7 cm³/mol. The van der Waals surface area contributed by atoms with Crippen molar-refractivity contribution < 1.29 is 19.1 Å². The molecule has 2 aliphatic rings. The van der Waals surface area contributed by atoms with Crippen LogP contribution in [0.5, 0.6) is 0 Å². The Morgan fingerprint density at radius 2 is 2.00 bits per heavy atom. The summed E-state index contributed by atoms with van der Waals surface area (Å²) in [7, 11) is 1.39. The maximum atomic E-state index is 12.3. The molecule has 0 aliphatic carbocycles. The number of esters is 2. The van der Waals surface area contributed by atoms with E-state index in [0.717, 1.165) is 12.0 Å². The van der Waals surface area contributed by atoms with Crippen LogP contribution in [0.2, 0.25) is 5.02 Å². The van der Waals surface area contributed by atoms with Crippen LogP contribution in [0.1, 0.15) is 18.0 Å².